The molecule has 4 nitrogen and oxygen atoms in total. The summed E-state index contributed by atoms with van der Waals surface area (Å²) in [4.78, 5) is 4.81. The second-order valence-corrected chi connectivity index (χ2v) is 2.70. The van der Waals surface area contributed by atoms with Crippen LogP contribution >= 0.6 is 0 Å². The predicted octanol–water partition coefficient (Wildman–Crippen LogP) is 0.876. The van der Waals surface area contributed by atoms with Crippen LogP contribution < -0.4 is 0 Å². The summed E-state index contributed by atoms with van der Waals surface area (Å²) < 4.78 is 0. The molecule has 1 aromatic carbocycles. The quantitative estimate of drug-likeness (QED) is 0.539. The summed E-state index contributed by atoms with van der Waals surface area (Å²) in [5.41, 5.74) is 0.587. The van der Waals surface area contributed by atoms with Gasteiger partial charge in [0, 0.05) is 12.6 Å². The minimum Gasteiger partial charge on any atom is -0.508 e. The maximum absolute atomic E-state index is 9.60. The molecule has 0 fully saturated rings. The van der Waals surface area contributed by atoms with Gasteiger partial charge in [-0.15, -0.1) is 0 Å². The van der Waals surface area contributed by atoms with Gasteiger partial charge in [0.05, 0.1) is 7.11 Å². The van der Waals surface area contributed by atoms with Crippen molar-refractivity contribution in [1.29, 1.82) is 0 Å². The molecule has 0 aliphatic rings. The lowest BCUT2D eigenvalue weighted by molar-refractivity contribution is -0.206. The van der Waals surface area contributed by atoms with Crippen molar-refractivity contribution in [2.75, 3.05) is 14.2 Å². The number of aromatic hydroxyl groups is 1. The molecule has 2 N–H and O–H groups in total. The molecule has 0 amide bonds. The summed E-state index contributed by atoms with van der Waals surface area (Å²) in [5.74, 6) is 0.126. The Bertz CT molecular complexity index is 277. The Kier molecular flexibility index (Phi) is 3.25. The van der Waals surface area contributed by atoms with Gasteiger partial charge in [-0.25, -0.2) is 0 Å². The third kappa shape index (κ3) is 2.42. The van der Waals surface area contributed by atoms with Gasteiger partial charge in [0.1, 0.15) is 5.75 Å². The molecule has 4 heteroatoms. The van der Waals surface area contributed by atoms with E-state index in [9.17, 15) is 5.11 Å². The molecule has 0 aliphatic heterocycles. The lowest BCUT2D eigenvalue weighted by Crippen LogP contribution is -2.22. The van der Waals surface area contributed by atoms with Crippen LogP contribution in [0.25, 0.3) is 0 Å². The summed E-state index contributed by atoms with van der Waals surface area (Å²) in [5, 5.41) is 20.0. The number of rotatable bonds is 3. The fraction of sp³-hybridized carbons (Fsp3) is 0.333. The number of hydroxylamine groups is 2. The number of aliphatic hydroxyl groups excluding tert-OH is 1. The highest BCUT2D eigenvalue weighted by Gasteiger charge is 2.12. The highest BCUT2D eigenvalue weighted by Crippen LogP contribution is 2.19. The van der Waals surface area contributed by atoms with E-state index >= 15 is 0 Å². The molecule has 0 saturated carbocycles. The second kappa shape index (κ2) is 4.23. The van der Waals surface area contributed by atoms with E-state index in [1.165, 1.54) is 18.2 Å². The van der Waals surface area contributed by atoms with E-state index in [0.29, 0.717) is 5.56 Å². The SMILES string of the molecule is CON(C)C(O)c1cccc(O)c1. The number of aliphatic hydroxyl groups is 1. The van der Waals surface area contributed by atoms with Crippen LogP contribution in [0.2, 0.25) is 0 Å². The third-order valence-electron chi connectivity index (χ3n) is 1.80. The lowest BCUT2D eigenvalue weighted by Gasteiger charge is -2.20. The van der Waals surface area contributed by atoms with Gasteiger partial charge in [0.15, 0.2) is 6.23 Å². The van der Waals surface area contributed by atoms with E-state index in [2.05, 4.69) is 0 Å². The monoisotopic (exact) mass is 183 g/mol. The molecule has 0 bridgehead atoms. The van der Waals surface area contributed by atoms with Crippen LogP contribution in [0.4, 0.5) is 0 Å². The minimum atomic E-state index is -0.864. The maximum Gasteiger partial charge on any atom is 0.155 e. The Labute approximate surface area is 76.9 Å². The summed E-state index contributed by atoms with van der Waals surface area (Å²) in [6, 6.07) is 6.40. The van der Waals surface area contributed by atoms with Gasteiger partial charge in [-0.05, 0) is 12.1 Å². The van der Waals surface area contributed by atoms with E-state index in [-0.39, 0.29) is 5.75 Å². The third-order valence-corrected chi connectivity index (χ3v) is 1.80. The van der Waals surface area contributed by atoms with Gasteiger partial charge in [-0.1, -0.05) is 12.1 Å². The molecule has 13 heavy (non-hydrogen) atoms. The van der Waals surface area contributed by atoms with Gasteiger partial charge in [-0.3, -0.25) is 4.84 Å². The summed E-state index contributed by atoms with van der Waals surface area (Å²) in [6.45, 7) is 0. The first-order valence-corrected chi connectivity index (χ1v) is 3.89. The normalized spacial score (nSPS) is 13.2. The van der Waals surface area contributed by atoms with Crippen molar-refractivity contribution in [3.63, 3.8) is 0 Å². The number of nitrogens with zero attached hydrogens (tertiary/aromatic N) is 1. The van der Waals surface area contributed by atoms with Crippen molar-refractivity contribution in [2.24, 2.45) is 0 Å². The van der Waals surface area contributed by atoms with Crippen molar-refractivity contribution in [3.05, 3.63) is 29.8 Å². The van der Waals surface area contributed by atoms with Gasteiger partial charge < -0.3 is 10.2 Å². The zero-order chi connectivity index (χ0) is 9.84. The van der Waals surface area contributed by atoms with Crippen LogP contribution in [-0.2, 0) is 4.84 Å². The van der Waals surface area contributed by atoms with Crippen LogP contribution in [-0.4, -0.2) is 29.4 Å². The van der Waals surface area contributed by atoms with Crippen LogP contribution in [0.15, 0.2) is 24.3 Å². The zero-order valence-electron chi connectivity index (χ0n) is 7.64. The number of phenolic OH excluding ortho intramolecular Hbond substituents is 1. The second-order valence-electron chi connectivity index (χ2n) is 2.70. The summed E-state index contributed by atoms with van der Waals surface area (Å²) >= 11 is 0. The zero-order valence-corrected chi connectivity index (χ0v) is 7.64. The van der Waals surface area contributed by atoms with Crippen LogP contribution in [0.5, 0.6) is 5.75 Å². The van der Waals surface area contributed by atoms with Gasteiger partial charge in [-0.2, -0.15) is 5.06 Å². The minimum absolute atomic E-state index is 0.126. The fourth-order valence-electron chi connectivity index (χ4n) is 0.995. The molecule has 0 spiro atoms. The molecule has 0 heterocycles. The molecule has 1 unspecified atom stereocenters. The van der Waals surface area contributed by atoms with Crippen LogP contribution in [0, 0.1) is 0 Å². The molecule has 0 radical (unpaired) electrons. The molecular formula is C9H13NO3. The van der Waals surface area contributed by atoms with Gasteiger partial charge in [0.25, 0.3) is 0 Å². The molecule has 72 valence electrons. The number of phenols is 1. The highest BCUT2D eigenvalue weighted by atomic mass is 16.7. The maximum atomic E-state index is 9.60. The number of hydrogen-bond acceptors (Lipinski definition) is 4. The first-order chi connectivity index (χ1) is 6.15. The van der Waals surface area contributed by atoms with E-state index < -0.39 is 6.23 Å². The standard InChI is InChI=1S/C9H13NO3/c1-10(13-2)9(12)7-4-3-5-8(11)6-7/h3-6,9,11-12H,1-2H3. The van der Waals surface area contributed by atoms with Crippen molar-refractivity contribution >= 4 is 0 Å². The Morgan fingerprint density at radius 1 is 1.46 bits per heavy atom. The van der Waals surface area contributed by atoms with Crippen molar-refractivity contribution < 1.29 is 15.1 Å². The molecule has 1 aromatic rings. The lowest BCUT2D eigenvalue weighted by atomic mass is 10.2. The summed E-state index contributed by atoms with van der Waals surface area (Å²) in [7, 11) is 3.07. The van der Waals surface area contributed by atoms with E-state index in [4.69, 9.17) is 9.94 Å². The van der Waals surface area contributed by atoms with Crippen molar-refractivity contribution in [2.45, 2.75) is 6.23 Å². The number of hydrogen-bond donors (Lipinski definition) is 2. The largest absolute Gasteiger partial charge is 0.508 e. The molecule has 1 rings (SSSR count). The highest BCUT2D eigenvalue weighted by molar-refractivity contribution is 5.28. The smallest absolute Gasteiger partial charge is 0.155 e. The molecule has 1 atom stereocenters. The first-order valence-electron chi connectivity index (χ1n) is 3.89. The fourth-order valence-corrected chi connectivity index (χ4v) is 0.995. The molecule has 0 aliphatic carbocycles. The molecule has 0 saturated heterocycles. The van der Waals surface area contributed by atoms with Crippen molar-refractivity contribution in [1.82, 2.24) is 5.06 Å². The predicted molar refractivity (Wildman–Crippen MR) is 47.8 cm³/mol. The molecular weight excluding hydrogens is 170 g/mol. The van der Waals surface area contributed by atoms with Gasteiger partial charge in [0.2, 0.25) is 0 Å². The Morgan fingerprint density at radius 2 is 2.15 bits per heavy atom. The Morgan fingerprint density at radius 3 is 2.69 bits per heavy atom. The van der Waals surface area contributed by atoms with Crippen LogP contribution in [0.3, 0.4) is 0 Å². The van der Waals surface area contributed by atoms with Crippen LogP contribution in [0.1, 0.15) is 11.8 Å². The Balaban J connectivity index is 2.82. The van der Waals surface area contributed by atoms with E-state index in [0.717, 1.165) is 0 Å². The summed E-state index contributed by atoms with van der Waals surface area (Å²) in [6.07, 6.45) is -0.864. The Hall–Kier alpha value is -1.10. The topological polar surface area (TPSA) is 52.9 Å². The van der Waals surface area contributed by atoms with Crippen molar-refractivity contribution in [3.8, 4) is 5.75 Å². The molecule has 0 aromatic heterocycles. The van der Waals surface area contributed by atoms with E-state index in [1.54, 1.807) is 25.2 Å². The van der Waals surface area contributed by atoms with Gasteiger partial charge >= 0.3 is 0 Å². The average Bonchev–Trinajstić information content (AvgIpc) is 2.15. The first kappa shape index (κ1) is 9.98. The number of benzene rings is 1. The average molecular weight is 183 g/mol. The van der Waals surface area contributed by atoms with E-state index in [1.807, 2.05) is 0 Å².